The van der Waals surface area contributed by atoms with Crippen LogP contribution in [0.4, 0.5) is 4.79 Å². The number of hydrogen-bond donors (Lipinski definition) is 1. The molecule has 2 aromatic rings. The number of ketones is 1. The predicted octanol–water partition coefficient (Wildman–Crippen LogP) is 3.91. The molecule has 2 aliphatic heterocycles. The van der Waals surface area contributed by atoms with Gasteiger partial charge in [0.25, 0.3) is 11.7 Å². The van der Waals surface area contributed by atoms with E-state index in [2.05, 4.69) is 4.98 Å². The Morgan fingerprint density at radius 1 is 1.14 bits per heavy atom. The molecule has 1 atom stereocenters. The molecule has 1 aromatic carbocycles. The second-order valence-electron chi connectivity index (χ2n) is 9.10. The maximum atomic E-state index is 13.4. The SMILES string of the molecule is CCOC(=O)N1CCC(N2C(=O)C(=O)/C(=C(/O)c3cccc(OC(C)C)c3)C2c2ccncc2)CC1. The first-order valence-electron chi connectivity index (χ1n) is 12.2. The summed E-state index contributed by atoms with van der Waals surface area (Å²) < 4.78 is 10.8. The normalized spacial score (nSPS) is 20.2. The Kier molecular flexibility index (Phi) is 7.57. The van der Waals surface area contributed by atoms with Crippen molar-refractivity contribution in [2.24, 2.45) is 0 Å². The number of pyridine rings is 1. The molecule has 0 saturated carbocycles. The molecule has 9 heteroatoms. The molecule has 4 rings (SSSR count). The molecule has 190 valence electrons. The van der Waals surface area contributed by atoms with Crippen LogP contribution in [-0.4, -0.2) is 69.5 Å². The second-order valence-corrected chi connectivity index (χ2v) is 9.10. The predicted molar refractivity (Wildman–Crippen MR) is 132 cm³/mol. The molecule has 2 fully saturated rings. The van der Waals surface area contributed by atoms with E-state index in [4.69, 9.17) is 9.47 Å². The van der Waals surface area contributed by atoms with Gasteiger partial charge in [-0.1, -0.05) is 12.1 Å². The average molecular weight is 494 g/mol. The van der Waals surface area contributed by atoms with Crippen LogP contribution in [0.3, 0.4) is 0 Å². The number of aromatic nitrogens is 1. The highest BCUT2D eigenvalue weighted by Gasteiger charge is 2.49. The van der Waals surface area contributed by atoms with Gasteiger partial charge in [-0.2, -0.15) is 0 Å². The van der Waals surface area contributed by atoms with Gasteiger partial charge < -0.3 is 24.4 Å². The van der Waals surface area contributed by atoms with Crippen molar-refractivity contribution in [1.29, 1.82) is 0 Å². The smallest absolute Gasteiger partial charge is 0.409 e. The molecule has 0 spiro atoms. The third-order valence-electron chi connectivity index (χ3n) is 6.37. The quantitative estimate of drug-likeness (QED) is 0.369. The Balaban J connectivity index is 1.71. The standard InChI is InChI=1S/C27H31N3O6/c1-4-35-27(34)29-14-10-20(11-15-29)30-23(18-8-12-28-13-9-18)22(25(32)26(30)33)24(31)19-6-5-7-21(16-19)36-17(2)3/h5-9,12-13,16-17,20,23,31H,4,10-11,14-15H2,1-3H3/b24-22+. The zero-order chi connectivity index (χ0) is 25.8. The van der Waals surface area contributed by atoms with Crippen LogP contribution in [0.2, 0.25) is 0 Å². The van der Waals surface area contributed by atoms with Gasteiger partial charge in [0.15, 0.2) is 0 Å². The number of carbonyl (C=O) groups is 3. The third-order valence-corrected chi connectivity index (χ3v) is 6.37. The monoisotopic (exact) mass is 493 g/mol. The van der Waals surface area contributed by atoms with Crippen molar-refractivity contribution >= 4 is 23.5 Å². The number of amides is 2. The van der Waals surface area contributed by atoms with Gasteiger partial charge in [-0.25, -0.2) is 4.79 Å². The molecule has 3 heterocycles. The van der Waals surface area contributed by atoms with Gasteiger partial charge in [-0.05, 0) is 63.4 Å². The number of rotatable bonds is 6. The van der Waals surface area contributed by atoms with Crippen LogP contribution in [0.1, 0.15) is 50.8 Å². The van der Waals surface area contributed by atoms with Crippen molar-refractivity contribution in [3.8, 4) is 5.75 Å². The number of aliphatic hydroxyl groups excluding tert-OH is 1. The molecule has 1 aromatic heterocycles. The third kappa shape index (κ3) is 5.05. The van der Waals surface area contributed by atoms with E-state index < -0.39 is 17.7 Å². The van der Waals surface area contributed by atoms with E-state index in [0.29, 0.717) is 49.4 Å². The van der Waals surface area contributed by atoms with E-state index in [1.807, 2.05) is 13.8 Å². The molecule has 2 aliphatic rings. The molecule has 2 saturated heterocycles. The Morgan fingerprint density at radius 3 is 2.47 bits per heavy atom. The number of piperidine rings is 1. The molecule has 2 amide bonds. The highest BCUT2D eigenvalue weighted by atomic mass is 16.6. The summed E-state index contributed by atoms with van der Waals surface area (Å²) in [5.41, 5.74) is 1.09. The van der Waals surface area contributed by atoms with Crippen molar-refractivity contribution in [2.45, 2.75) is 51.8 Å². The minimum absolute atomic E-state index is 0.0284. The first kappa shape index (κ1) is 25.2. The van der Waals surface area contributed by atoms with Crippen LogP contribution in [-0.2, 0) is 14.3 Å². The highest BCUT2D eigenvalue weighted by molar-refractivity contribution is 6.46. The summed E-state index contributed by atoms with van der Waals surface area (Å²) in [6.45, 7) is 6.65. The summed E-state index contributed by atoms with van der Waals surface area (Å²) in [5, 5.41) is 11.3. The van der Waals surface area contributed by atoms with Gasteiger partial charge in [0.2, 0.25) is 0 Å². The van der Waals surface area contributed by atoms with Crippen LogP contribution in [0.25, 0.3) is 5.76 Å². The summed E-state index contributed by atoms with van der Waals surface area (Å²) in [5.74, 6) is -1.11. The fraction of sp³-hybridized carbons (Fsp3) is 0.407. The van der Waals surface area contributed by atoms with Gasteiger partial charge in [0, 0.05) is 37.1 Å². The lowest BCUT2D eigenvalue weighted by Crippen LogP contribution is -2.48. The van der Waals surface area contributed by atoms with E-state index in [-0.39, 0.29) is 29.6 Å². The highest BCUT2D eigenvalue weighted by Crippen LogP contribution is 2.42. The van der Waals surface area contributed by atoms with Crippen molar-refractivity contribution in [1.82, 2.24) is 14.8 Å². The van der Waals surface area contributed by atoms with Crippen LogP contribution >= 0.6 is 0 Å². The fourth-order valence-electron chi connectivity index (χ4n) is 4.79. The first-order valence-corrected chi connectivity index (χ1v) is 12.2. The van der Waals surface area contributed by atoms with Crippen molar-refractivity contribution in [2.75, 3.05) is 19.7 Å². The minimum Gasteiger partial charge on any atom is -0.507 e. The van der Waals surface area contributed by atoms with Crippen LogP contribution in [0.5, 0.6) is 5.75 Å². The Hall–Kier alpha value is -3.88. The number of ether oxygens (including phenoxy) is 2. The number of carbonyl (C=O) groups excluding carboxylic acids is 3. The van der Waals surface area contributed by atoms with Crippen molar-refractivity contribution < 1.29 is 29.0 Å². The van der Waals surface area contributed by atoms with Gasteiger partial charge in [0.1, 0.15) is 11.5 Å². The molecule has 9 nitrogen and oxygen atoms in total. The summed E-state index contributed by atoms with van der Waals surface area (Å²) in [4.78, 5) is 46.0. The Labute approximate surface area is 210 Å². The molecular formula is C27H31N3O6. The fourth-order valence-corrected chi connectivity index (χ4v) is 4.79. The summed E-state index contributed by atoms with van der Waals surface area (Å²) >= 11 is 0. The topological polar surface area (TPSA) is 109 Å². The van der Waals surface area contributed by atoms with Crippen LogP contribution < -0.4 is 4.74 Å². The molecular weight excluding hydrogens is 462 g/mol. The lowest BCUT2D eigenvalue weighted by molar-refractivity contribution is -0.142. The van der Waals surface area contributed by atoms with Crippen LogP contribution in [0, 0.1) is 0 Å². The Bertz CT molecular complexity index is 1160. The molecule has 36 heavy (non-hydrogen) atoms. The van der Waals surface area contributed by atoms with Crippen LogP contribution in [0.15, 0.2) is 54.4 Å². The summed E-state index contributed by atoms with van der Waals surface area (Å²) in [6.07, 6.45) is 3.72. The van der Waals surface area contributed by atoms with E-state index in [1.165, 1.54) is 0 Å². The van der Waals surface area contributed by atoms with Crippen molar-refractivity contribution in [3.05, 3.63) is 65.5 Å². The van der Waals surface area contributed by atoms with Gasteiger partial charge >= 0.3 is 6.09 Å². The molecule has 1 N–H and O–H groups in total. The average Bonchev–Trinajstić information content (AvgIpc) is 3.14. The number of aliphatic hydroxyl groups is 1. The second kappa shape index (κ2) is 10.8. The summed E-state index contributed by atoms with van der Waals surface area (Å²) in [7, 11) is 0. The maximum absolute atomic E-state index is 13.4. The number of hydrogen-bond acceptors (Lipinski definition) is 7. The lowest BCUT2D eigenvalue weighted by atomic mass is 9.94. The van der Waals surface area contributed by atoms with E-state index in [9.17, 15) is 19.5 Å². The molecule has 0 aliphatic carbocycles. The molecule has 1 unspecified atom stereocenters. The Morgan fingerprint density at radius 2 is 1.83 bits per heavy atom. The van der Waals surface area contributed by atoms with Gasteiger partial charge in [-0.15, -0.1) is 0 Å². The number of likely N-dealkylation sites (tertiary alicyclic amines) is 2. The van der Waals surface area contributed by atoms with Gasteiger partial charge in [0.05, 0.1) is 24.3 Å². The first-order chi connectivity index (χ1) is 17.3. The van der Waals surface area contributed by atoms with Crippen molar-refractivity contribution in [3.63, 3.8) is 0 Å². The van der Waals surface area contributed by atoms with E-state index in [0.717, 1.165) is 0 Å². The largest absolute Gasteiger partial charge is 0.507 e. The number of benzene rings is 1. The van der Waals surface area contributed by atoms with E-state index in [1.54, 1.807) is 65.5 Å². The molecule has 0 bridgehead atoms. The number of nitrogens with zero attached hydrogens (tertiary/aromatic N) is 3. The zero-order valence-corrected chi connectivity index (χ0v) is 20.7. The van der Waals surface area contributed by atoms with E-state index >= 15 is 0 Å². The molecule has 0 radical (unpaired) electrons. The summed E-state index contributed by atoms with van der Waals surface area (Å²) in [6, 6.07) is 9.25. The van der Waals surface area contributed by atoms with Gasteiger partial charge in [-0.3, -0.25) is 14.6 Å². The maximum Gasteiger partial charge on any atom is 0.409 e. The number of Topliss-reactive ketones (excluding diaryl/α,β-unsaturated/α-hetero) is 1. The lowest BCUT2D eigenvalue weighted by Gasteiger charge is -2.38. The zero-order valence-electron chi connectivity index (χ0n) is 20.7. The minimum atomic E-state index is -0.776.